The topological polar surface area (TPSA) is 42.2 Å². The molecule has 0 spiro atoms. The summed E-state index contributed by atoms with van der Waals surface area (Å²) in [5, 5.41) is 4.04. The summed E-state index contributed by atoms with van der Waals surface area (Å²) in [4.78, 5) is 12.2. The molecule has 0 atom stereocenters. The molecule has 0 radical (unpaired) electrons. The van der Waals surface area contributed by atoms with Crippen molar-refractivity contribution in [3.8, 4) is 0 Å². The van der Waals surface area contributed by atoms with Gasteiger partial charge in [-0.2, -0.15) is 0 Å². The summed E-state index contributed by atoms with van der Waals surface area (Å²) in [5.74, 6) is 1.04. The fourth-order valence-electron chi connectivity index (χ4n) is 2.71. The monoisotopic (exact) mass is 271 g/mol. The van der Waals surface area contributed by atoms with Crippen LogP contribution >= 0.6 is 0 Å². The van der Waals surface area contributed by atoms with Crippen molar-refractivity contribution in [3.63, 3.8) is 0 Å². The number of aryl methyl sites for hydroxylation is 3. The molecule has 1 N–H and O–H groups in total. The van der Waals surface area contributed by atoms with E-state index in [1.165, 1.54) is 30.4 Å². The molecule has 106 valence electrons. The molecule has 3 rings (SSSR count). The predicted molar refractivity (Wildman–Crippen MR) is 80.1 cm³/mol. The average Bonchev–Trinajstić information content (AvgIpc) is 2.66. The van der Waals surface area contributed by atoms with E-state index in [1.807, 2.05) is 13.0 Å². The number of fused-ring (bicyclic) bond motifs is 1. The number of rotatable bonds is 3. The molecular weight excluding hydrogens is 250 g/mol. The summed E-state index contributed by atoms with van der Waals surface area (Å²) >= 11 is 0. The minimum absolute atomic E-state index is 0.0825. The molecule has 1 aliphatic rings. The van der Waals surface area contributed by atoms with Crippen molar-refractivity contribution < 1.29 is 9.21 Å². The lowest BCUT2D eigenvalue weighted by Gasteiger charge is -2.25. The largest absolute Gasteiger partial charge is 0.451 e. The third kappa shape index (κ3) is 2.21. The molecule has 0 saturated heterocycles. The van der Waals surface area contributed by atoms with Crippen molar-refractivity contribution in [3.05, 3.63) is 34.6 Å². The highest BCUT2D eigenvalue weighted by atomic mass is 16.3. The van der Waals surface area contributed by atoms with Crippen LogP contribution < -0.4 is 5.32 Å². The van der Waals surface area contributed by atoms with Gasteiger partial charge in [-0.3, -0.25) is 4.79 Å². The van der Waals surface area contributed by atoms with Gasteiger partial charge >= 0.3 is 0 Å². The summed E-state index contributed by atoms with van der Waals surface area (Å²) in [6.45, 7) is 6.87. The molecule has 3 nitrogen and oxygen atoms in total. The SMILES string of the molecule is Cc1cc2oc(C(=O)NCC3CCC3)c(C)c2cc1C. The van der Waals surface area contributed by atoms with Crippen LogP contribution in [0, 0.1) is 26.7 Å². The van der Waals surface area contributed by atoms with Crippen molar-refractivity contribution in [2.45, 2.75) is 40.0 Å². The van der Waals surface area contributed by atoms with E-state index in [0.717, 1.165) is 23.1 Å². The zero-order valence-corrected chi connectivity index (χ0v) is 12.4. The van der Waals surface area contributed by atoms with E-state index in [0.29, 0.717) is 11.7 Å². The Labute approximate surface area is 119 Å². The first kappa shape index (κ1) is 13.2. The van der Waals surface area contributed by atoms with Gasteiger partial charge in [-0.15, -0.1) is 0 Å². The summed E-state index contributed by atoms with van der Waals surface area (Å²) in [7, 11) is 0. The van der Waals surface area contributed by atoms with E-state index >= 15 is 0 Å². The summed E-state index contributed by atoms with van der Waals surface area (Å²) in [6.07, 6.45) is 3.76. The number of furan rings is 1. The van der Waals surface area contributed by atoms with Gasteiger partial charge in [0, 0.05) is 17.5 Å². The van der Waals surface area contributed by atoms with Gasteiger partial charge in [-0.25, -0.2) is 0 Å². The molecular formula is C17H21NO2. The van der Waals surface area contributed by atoms with Gasteiger partial charge in [0.15, 0.2) is 5.76 Å². The van der Waals surface area contributed by atoms with Crippen LogP contribution in [-0.4, -0.2) is 12.5 Å². The van der Waals surface area contributed by atoms with Gasteiger partial charge in [0.05, 0.1) is 0 Å². The van der Waals surface area contributed by atoms with E-state index in [2.05, 4.69) is 25.2 Å². The molecule has 20 heavy (non-hydrogen) atoms. The molecule has 3 heteroatoms. The van der Waals surface area contributed by atoms with Crippen molar-refractivity contribution in [2.75, 3.05) is 6.54 Å². The molecule has 1 saturated carbocycles. The zero-order valence-electron chi connectivity index (χ0n) is 12.4. The van der Waals surface area contributed by atoms with Crippen LogP contribution in [0.5, 0.6) is 0 Å². The molecule has 1 fully saturated rings. The number of amides is 1. The predicted octanol–water partition coefficient (Wildman–Crippen LogP) is 3.89. The Bertz CT molecular complexity index is 665. The third-order valence-electron chi connectivity index (χ3n) is 4.53. The molecule has 1 aromatic carbocycles. The van der Waals surface area contributed by atoms with E-state index in [9.17, 15) is 4.79 Å². The minimum Gasteiger partial charge on any atom is -0.451 e. The standard InChI is InChI=1S/C17H21NO2/c1-10-7-14-12(3)16(20-15(14)8-11(10)2)17(19)18-9-13-5-4-6-13/h7-8,13H,4-6,9H2,1-3H3,(H,18,19). The Hall–Kier alpha value is -1.77. The molecule has 2 aromatic rings. The summed E-state index contributed by atoms with van der Waals surface area (Å²) in [6, 6.07) is 4.12. The van der Waals surface area contributed by atoms with Crippen molar-refractivity contribution in [1.82, 2.24) is 5.32 Å². The second-order valence-corrected chi connectivity index (χ2v) is 6.00. The van der Waals surface area contributed by atoms with Gasteiger partial charge in [0.2, 0.25) is 0 Å². The van der Waals surface area contributed by atoms with Crippen LogP contribution in [0.15, 0.2) is 16.5 Å². The van der Waals surface area contributed by atoms with Gasteiger partial charge in [-0.1, -0.05) is 6.42 Å². The zero-order chi connectivity index (χ0) is 14.3. The van der Waals surface area contributed by atoms with Crippen molar-refractivity contribution >= 4 is 16.9 Å². The molecule has 0 unspecified atom stereocenters. The Kier molecular flexibility index (Phi) is 3.28. The highest BCUT2D eigenvalue weighted by Gasteiger charge is 2.21. The van der Waals surface area contributed by atoms with Crippen LogP contribution in [-0.2, 0) is 0 Å². The summed E-state index contributed by atoms with van der Waals surface area (Å²) < 4.78 is 5.77. The van der Waals surface area contributed by atoms with E-state index in [4.69, 9.17) is 4.42 Å². The van der Waals surface area contributed by atoms with Gasteiger partial charge in [-0.05, 0) is 62.8 Å². The summed E-state index contributed by atoms with van der Waals surface area (Å²) in [5.41, 5.74) is 4.16. The Balaban J connectivity index is 1.86. The Morgan fingerprint density at radius 3 is 2.60 bits per heavy atom. The van der Waals surface area contributed by atoms with Crippen molar-refractivity contribution in [2.24, 2.45) is 5.92 Å². The number of benzene rings is 1. The van der Waals surface area contributed by atoms with Crippen molar-refractivity contribution in [1.29, 1.82) is 0 Å². The first-order valence-corrected chi connectivity index (χ1v) is 7.35. The highest BCUT2D eigenvalue weighted by Crippen LogP contribution is 2.28. The number of hydrogen-bond donors (Lipinski definition) is 1. The van der Waals surface area contributed by atoms with E-state index in [-0.39, 0.29) is 5.91 Å². The quantitative estimate of drug-likeness (QED) is 0.920. The number of hydrogen-bond acceptors (Lipinski definition) is 2. The second kappa shape index (κ2) is 4.97. The maximum atomic E-state index is 12.2. The normalized spacial score (nSPS) is 15.3. The Morgan fingerprint density at radius 1 is 1.25 bits per heavy atom. The van der Waals surface area contributed by atoms with Crippen LogP contribution in [0.25, 0.3) is 11.0 Å². The van der Waals surface area contributed by atoms with Crippen LogP contribution in [0.1, 0.15) is 46.5 Å². The molecule has 1 aliphatic carbocycles. The molecule has 1 amide bonds. The van der Waals surface area contributed by atoms with E-state index < -0.39 is 0 Å². The molecule has 0 aliphatic heterocycles. The Morgan fingerprint density at radius 2 is 1.95 bits per heavy atom. The lowest BCUT2D eigenvalue weighted by molar-refractivity contribution is 0.0912. The number of nitrogens with one attached hydrogen (secondary N) is 1. The first-order valence-electron chi connectivity index (χ1n) is 7.35. The molecule has 1 heterocycles. The van der Waals surface area contributed by atoms with E-state index in [1.54, 1.807) is 0 Å². The fourth-order valence-corrected chi connectivity index (χ4v) is 2.71. The van der Waals surface area contributed by atoms with Gasteiger partial charge in [0.1, 0.15) is 5.58 Å². The lowest BCUT2D eigenvalue weighted by atomic mass is 9.85. The molecule has 1 aromatic heterocycles. The smallest absolute Gasteiger partial charge is 0.287 e. The van der Waals surface area contributed by atoms with Crippen LogP contribution in [0.2, 0.25) is 0 Å². The third-order valence-corrected chi connectivity index (χ3v) is 4.53. The maximum Gasteiger partial charge on any atom is 0.287 e. The highest BCUT2D eigenvalue weighted by molar-refractivity contribution is 5.99. The second-order valence-electron chi connectivity index (χ2n) is 6.00. The minimum atomic E-state index is -0.0825. The van der Waals surface area contributed by atoms with Gasteiger partial charge in [0.25, 0.3) is 5.91 Å². The van der Waals surface area contributed by atoms with Gasteiger partial charge < -0.3 is 9.73 Å². The molecule has 0 bridgehead atoms. The average molecular weight is 271 g/mol. The maximum absolute atomic E-state index is 12.2. The lowest BCUT2D eigenvalue weighted by Crippen LogP contribution is -2.32. The van der Waals surface area contributed by atoms with Crippen LogP contribution in [0.4, 0.5) is 0 Å². The first-order chi connectivity index (χ1) is 9.56. The number of carbonyl (C=O) groups excluding carboxylic acids is 1. The number of carbonyl (C=O) groups is 1. The fraction of sp³-hybridized carbons (Fsp3) is 0.471. The van der Waals surface area contributed by atoms with Crippen LogP contribution in [0.3, 0.4) is 0 Å².